The third-order valence-electron chi connectivity index (χ3n) is 5.54. The average molecular weight is 397 g/mol. The summed E-state index contributed by atoms with van der Waals surface area (Å²) in [5, 5.41) is 2.37. The topological polar surface area (TPSA) is 61.8 Å². The molecule has 1 aliphatic carbocycles. The molecule has 0 bridgehead atoms. The number of hydrogen-bond acceptors (Lipinski definition) is 3. The second-order valence-corrected chi connectivity index (χ2v) is 7.57. The quantitative estimate of drug-likeness (QED) is 0.832. The van der Waals surface area contributed by atoms with Gasteiger partial charge in [0.05, 0.1) is 23.0 Å². The minimum atomic E-state index is -0.741. The lowest BCUT2D eigenvalue weighted by Gasteiger charge is -2.25. The molecule has 1 aliphatic heterocycles. The first-order chi connectivity index (χ1) is 13.8. The van der Waals surface area contributed by atoms with Crippen molar-refractivity contribution in [3.8, 4) is 0 Å². The van der Waals surface area contributed by atoms with Crippen molar-refractivity contribution in [2.45, 2.75) is 33.1 Å². The molecule has 7 heteroatoms. The molecule has 0 saturated heterocycles. The minimum absolute atomic E-state index is 0.182. The maximum Gasteiger partial charge on any atom is 0.244 e. The fourth-order valence-electron chi connectivity index (χ4n) is 3.87. The molecule has 1 saturated carbocycles. The Labute approximate surface area is 167 Å². The summed E-state index contributed by atoms with van der Waals surface area (Å²) in [4.78, 5) is 32.0. The third-order valence-corrected chi connectivity index (χ3v) is 5.54. The Morgan fingerprint density at radius 2 is 1.97 bits per heavy atom. The smallest absolute Gasteiger partial charge is 0.244 e. The zero-order chi connectivity index (χ0) is 20.7. The molecule has 1 N–H and O–H groups in total. The van der Waals surface area contributed by atoms with Crippen LogP contribution in [0.4, 0.5) is 25.8 Å². The SMILES string of the molecule is Cc1cc2c(cc1C)N(CC(=O)Nc1cc(F)ccc1F)C(=O)C1CCCC1=N2. The average Bonchev–Trinajstić information content (AvgIpc) is 3.10. The third kappa shape index (κ3) is 3.64. The molecule has 2 amide bonds. The summed E-state index contributed by atoms with van der Waals surface area (Å²) in [5.41, 5.74) is 3.84. The van der Waals surface area contributed by atoms with Crippen LogP contribution in [0.25, 0.3) is 0 Å². The Morgan fingerprint density at radius 1 is 1.21 bits per heavy atom. The number of rotatable bonds is 3. The van der Waals surface area contributed by atoms with E-state index in [0.717, 1.165) is 47.9 Å². The largest absolute Gasteiger partial charge is 0.322 e. The van der Waals surface area contributed by atoms with Crippen LogP contribution in [0.3, 0.4) is 0 Å². The van der Waals surface area contributed by atoms with E-state index >= 15 is 0 Å². The zero-order valence-corrected chi connectivity index (χ0v) is 16.3. The van der Waals surface area contributed by atoms with Crippen LogP contribution >= 0.6 is 0 Å². The Hall–Kier alpha value is -3.09. The first-order valence-corrected chi connectivity index (χ1v) is 9.58. The maximum atomic E-state index is 13.9. The van der Waals surface area contributed by atoms with E-state index in [1.165, 1.54) is 4.90 Å². The van der Waals surface area contributed by atoms with E-state index in [2.05, 4.69) is 5.32 Å². The van der Waals surface area contributed by atoms with Crippen LogP contribution in [-0.4, -0.2) is 24.1 Å². The number of fused-ring (bicyclic) bond motifs is 2. The predicted molar refractivity (Wildman–Crippen MR) is 108 cm³/mol. The van der Waals surface area contributed by atoms with Crippen molar-refractivity contribution in [3.63, 3.8) is 0 Å². The monoisotopic (exact) mass is 397 g/mol. The second-order valence-electron chi connectivity index (χ2n) is 7.57. The van der Waals surface area contributed by atoms with E-state index in [1.807, 2.05) is 26.0 Å². The first-order valence-electron chi connectivity index (χ1n) is 9.58. The molecule has 1 unspecified atom stereocenters. The maximum absolute atomic E-state index is 13.9. The first kappa shape index (κ1) is 19.2. The number of aliphatic imine (C=N–C) groups is 1. The highest BCUT2D eigenvalue weighted by Crippen LogP contribution is 2.39. The summed E-state index contributed by atoms with van der Waals surface area (Å²) in [5.74, 6) is -2.53. The number of aryl methyl sites for hydroxylation is 2. The summed E-state index contributed by atoms with van der Waals surface area (Å²) in [7, 11) is 0. The number of nitrogens with one attached hydrogen (secondary N) is 1. The Balaban J connectivity index is 1.67. The molecule has 2 aliphatic rings. The van der Waals surface area contributed by atoms with E-state index in [9.17, 15) is 18.4 Å². The lowest BCUT2D eigenvalue weighted by molar-refractivity contribution is -0.123. The number of halogens is 2. The van der Waals surface area contributed by atoms with Crippen molar-refractivity contribution in [1.82, 2.24) is 0 Å². The molecule has 4 rings (SSSR count). The Morgan fingerprint density at radius 3 is 2.76 bits per heavy atom. The highest BCUT2D eigenvalue weighted by Gasteiger charge is 2.37. The van der Waals surface area contributed by atoms with E-state index in [0.29, 0.717) is 17.8 Å². The van der Waals surface area contributed by atoms with Crippen molar-refractivity contribution < 1.29 is 18.4 Å². The van der Waals surface area contributed by atoms with Gasteiger partial charge < -0.3 is 10.2 Å². The van der Waals surface area contributed by atoms with Crippen molar-refractivity contribution in [1.29, 1.82) is 0 Å². The molecule has 0 aromatic heterocycles. The predicted octanol–water partition coefficient (Wildman–Crippen LogP) is 4.44. The van der Waals surface area contributed by atoms with Gasteiger partial charge in [-0.3, -0.25) is 14.6 Å². The van der Waals surface area contributed by atoms with Gasteiger partial charge in [-0.25, -0.2) is 8.78 Å². The number of anilines is 2. The van der Waals surface area contributed by atoms with Gasteiger partial charge in [0.25, 0.3) is 0 Å². The lowest BCUT2D eigenvalue weighted by Crippen LogP contribution is -2.42. The van der Waals surface area contributed by atoms with Gasteiger partial charge in [-0.2, -0.15) is 0 Å². The second kappa shape index (κ2) is 7.39. The van der Waals surface area contributed by atoms with Crippen molar-refractivity contribution in [2.75, 3.05) is 16.8 Å². The van der Waals surface area contributed by atoms with E-state index < -0.39 is 17.5 Å². The zero-order valence-electron chi connectivity index (χ0n) is 16.3. The highest BCUT2D eigenvalue weighted by molar-refractivity contribution is 6.16. The van der Waals surface area contributed by atoms with E-state index in [-0.39, 0.29) is 24.1 Å². The molecule has 2 aromatic rings. The van der Waals surface area contributed by atoms with Gasteiger partial charge in [0.2, 0.25) is 11.8 Å². The van der Waals surface area contributed by atoms with Crippen molar-refractivity contribution >= 4 is 34.6 Å². The van der Waals surface area contributed by atoms with Gasteiger partial charge in [-0.15, -0.1) is 0 Å². The van der Waals surface area contributed by atoms with Gasteiger partial charge in [-0.1, -0.05) is 0 Å². The molecule has 150 valence electrons. The van der Waals surface area contributed by atoms with Gasteiger partial charge in [0.15, 0.2) is 0 Å². The molecule has 29 heavy (non-hydrogen) atoms. The summed E-state index contributed by atoms with van der Waals surface area (Å²) in [6, 6.07) is 6.61. The van der Waals surface area contributed by atoms with Crippen molar-refractivity contribution in [3.05, 3.63) is 53.1 Å². The van der Waals surface area contributed by atoms with Crippen LogP contribution in [0.2, 0.25) is 0 Å². The molecular weight excluding hydrogens is 376 g/mol. The molecule has 2 aromatic carbocycles. The normalized spacial score (nSPS) is 18.1. The van der Waals surface area contributed by atoms with E-state index in [4.69, 9.17) is 4.99 Å². The fraction of sp³-hybridized carbons (Fsp3) is 0.318. The van der Waals surface area contributed by atoms with E-state index in [1.54, 1.807) is 0 Å². The molecule has 5 nitrogen and oxygen atoms in total. The molecule has 0 spiro atoms. The Kier molecular flexibility index (Phi) is 4.90. The van der Waals surface area contributed by atoms with Crippen LogP contribution in [0.5, 0.6) is 0 Å². The summed E-state index contributed by atoms with van der Waals surface area (Å²) in [6.45, 7) is 3.60. The van der Waals surface area contributed by atoms with Gasteiger partial charge in [0, 0.05) is 11.8 Å². The van der Waals surface area contributed by atoms with Gasteiger partial charge in [0.1, 0.15) is 18.2 Å². The number of amides is 2. The van der Waals surface area contributed by atoms with Gasteiger partial charge in [-0.05, 0) is 68.5 Å². The molecule has 1 atom stereocenters. The number of carbonyl (C=O) groups is 2. The fourth-order valence-corrected chi connectivity index (χ4v) is 3.87. The lowest BCUT2D eigenvalue weighted by atomic mass is 10.0. The standard InChI is InChI=1S/C22H21F2N3O2/c1-12-8-19-20(9-13(12)2)27(22(29)15-4-3-5-17(15)25-19)11-21(28)26-18-10-14(23)6-7-16(18)24/h6-10,15H,3-5,11H2,1-2H3,(H,26,28). The van der Waals surface area contributed by atoms with Gasteiger partial charge >= 0.3 is 0 Å². The van der Waals surface area contributed by atoms with Crippen LogP contribution in [-0.2, 0) is 9.59 Å². The molecular formula is C22H21F2N3O2. The summed E-state index contributed by atoms with van der Waals surface area (Å²) >= 11 is 0. The summed E-state index contributed by atoms with van der Waals surface area (Å²) in [6.07, 6.45) is 2.33. The highest BCUT2D eigenvalue weighted by atomic mass is 19.1. The van der Waals surface area contributed by atoms with Crippen LogP contribution in [0.15, 0.2) is 35.3 Å². The van der Waals surface area contributed by atoms with Crippen LogP contribution < -0.4 is 10.2 Å². The van der Waals surface area contributed by atoms with Crippen LogP contribution in [0.1, 0.15) is 30.4 Å². The molecule has 1 heterocycles. The Bertz CT molecular complexity index is 1050. The number of benzene rings is 2. The minimum Gasteiger partial charge on any atom is -0.322 e. The molecule has 1 fully saturated rings. The number of carbonyl (C=O) groups excluding carboxylic acids is 2. The number of hydrogen-bond donors (Lipinski definition) is 1. The van der Waals surface area contributed by atoms with Crippen LogP contribution in [0, 0.1) is 31.4 Å². The number of nitrogens with zero attached hydrogens (tertiary/aromatic N) is 2. The molecule has 0 radical (unpaired) electrons. The van der Waals surface area contributed by atoms with Crippen molar-refractivity contribution in [2.24, 2.45) is 10.9 Å². The summed E-state index contributed by atoms with van der Waals surface area (Å²) < 4.78 is 27.3.